The number of ether oxygens (including phenoxy) is 1. The van der Waals surface area contributed by atoms with E-state index in [1.165, 1.54) is 12.7 Å². The number of benzene rings is 1. The molecule has 1 aromatic carbocycles. The highest BCUT2D eigenvalue weighted by atomic mass is 16.5. The number of amides is 2. The van der Waals surface area contributed by atoms with E-state index in [1.807, 2.05) is 41.3 Å². The molecule has 2 amide bonds. The number of aromatic nitrogens is 2. The number of hydrogen-bond donors (Lipinski definition) is 1. The Morgan fingerprint density at radius 1 is 1.22 bits per heavy atom. The Hall–Kier alpha value is -3.45. The van der Waals surface area contributed by atoms with Crippen LogP contribution in [0.4, 0.5) is 5.69 Å². The van der Waals surface area contributed by atoms with Crippen LogP contribution in [0.5, 0.6) is 0 Å². The number of nitrogens with zero attached hydrogens (tertiary/aromatic N) is 3. The predicted octanol–water partition coefficient (Wildman–Crippen LogP) is 4.14. The largest absolute Gasteiger partial charge is 0.375 e. The normalized spacial score (nSPS) is 18.1. The van der Waals surface area contributed by atoms with Gasteiger partial charge in [-0.25, -0.2) is 4.68 Å². The molecule has 0 saturated heterocycles. The molecule has 168 valence electrons. The summed E-state index contributed by atoms with van der Waals surface area (Å²) in [6.45, 7) is 9.82. The van der Waals surface area contributed by atoms with Crippen molar-refractivity contribution in [2.24, 2.45) is 0 Å². The summed E-state index contributed by atoms with van der Waals surface area (Å²) in [5.74, 6) is -0.256. The zero-order valence-corrected chi connectivity index (χ0v) is 18.7. The van der Waals surface area contributed by atoms with E-state index in [1.54, 1.807) is 17.1 Å². The van der Waals surface area contributed by atoms with Gasteiger partial charge in [-0.2, -0.15) is 5.10 Å². The first-order chi connectivity index (χ1) is 15.5. The van der Waals surface area contributed by atoms with Crippen molar-refractivity contribution in [2.75, 3.05) is 19.0 Å². The Kier molecular flexibility index (Phi) is 7.78. The van der Waals surface area contributed by atoms with Gasteiger partial charge in [-0.05, 0) is 50.5 Å². The van der Waals surface area contributed by atoms with Gasteiger partial charge in [0.15, 0.2) is 0 Å². The van der Waals surface area contributed by atoms with Crippen LogP contribution in [0.3, 0.4) is 0 Å². The number of carbonyl (C=O) groups is 2. The average Bonchev–Trinajstić information content (AvgIpc) is 3.22. The zero-order chi connectivity index (χ0) is 23.1. The van der Waals surface area contributed by atoms with Gasteiger partial charge in [0, 0.05) is 18.7 Å². The monoisotopic (exact) mass is 434 g/mol. The zero-order valence-electron chi connectivity index (χ0n) is 18.7. The van der Waals surface area contributed by atoms with Crippen molar-refractivity contribution in [3.63, 3.8) is 0 Å². The maximum atomic E-state index is 13.5. The molecule has 0 aliphatic carbocycles. The van der Waals surface area contributed by atoms with Crippen molar-refractivity contribution in [1.82, 2.24) is 14.7 Å². The van der Waals surface area contributed by atoms with Crippen LogP contribution in [0.1, 0.15) is 36.5 Å². The fraction of sp³-hybridized carbons (Fsp3) is 0.320. The van der Waals surface area contributed by atoms with Crippen LogP contribution in [0.2, 0.25) is 0 Å². The van der Waals surface area contributed by atoms with Gasteiger partial charge in [0.25, 0.3) is 5.91 Å². The molecule has 2 heterocycles. The maximum absolute atomic E-state index is 13.5. The van der Waals surface area contributed by atoms with E-state index in [0.717, 1.165) is 18.5 Å². The summed E-state index contributed by atoms with van der Waals surface area (Å²) in [5, 5.41) is 6.99. The molecule has 1 aromatic heterocycles. The van der Waals surface area contributed by atoms with Crippen molar-refractivity contribution in [3.8, 4) is 5.69 Å². The SMILES string of the molecule is C=CC[C@H]1CC(C)=C[C@H](CC=C)N1C(=O)c1ccc(-n2cc(NC(=O)COC)cn2)cc1. The summed E-state index contributed by atoms with van der Waals surface area (Å²) < 4.78 is 6.46. The molecule has 0 bridgehead atoms. The number of rotatable bonds is 9. The second-order valence-electron chi connectivity index (χ2n) is 7.90. The van der Waals surface area contributed by atoms with Crippen LogP contribution >= 0.6 is 0 Å². The molecule has 0 spiro atoms. The minimum atomic E-state index is -0.248. The van der Waals surface area contributed by atoms with Crippen LogP contribution < -0.4 is 5.32 Å². The smallest absolute Gasteiger partial charge is 0.254 e. The number of nitrogens with one attached hydrogen (secondary N) is 1. The van der Waals surface area contributed by atoms with Crippen molar-refractivity contribution in [1.29, 1.82) is 0 Å². The molecule has 1 aliphatic rings. The van der Waals surface area contributed by atoms with Gasteiger partial charge in [-0.3, -0.25) is 9.59 Å². The lowest BCUT2D eigenvalue weighted by Crippen LogP contribution is -2.48. The summed E-state index contributed by atoms with van der Waals surface area (Å²) in [7, 11) is 1.46. The van der Waals surface area contributed by atoms with Crippen molar-refractivity contribution in [3.05, 3.63) is 79.2 Å². The molecule has 3 rings (SSSR count). The van der Waals surface area contributed by atoms with E-state index in [-0.39, 0.29) is 30.5 Å². The summed E-state index contributed by atoms with van der Waals surface area (Å²) >= 11 is 0. The quantitative estimate of drug-likeness (QED) is 0.602. The second kappa shape index (κ2) is 10.7. The summed E-state index contributed by atoms with van der Waals surface area (Å²) in [5.41, 5.74) is 3.26. The summed E-state index contributed by atoms with van der Waals surface area (Å²) in [4.78, 5) is 27.1. The molecule has 0 fully saturated rings. The minimum Gasteiger partial charge on any atom is -0.375 e. The Morgan fingerprint density at radius 2 is 1.94 bits per heavy atom. The Labute approximate surface area is 189 Å². The fourth-order valence-electron chi connectivity index (χ4n) is 4.04. The third kappa shape index (κ3) is 5.42. The molecule has 0 radical (unpaired) electrons. The fourth-order valence-corrected chi connectivity index (χ4v) is 4.04. The highest BCUT2D eigenvalue weighted by Crippen LogP contribution is 2.29. The Balaban J connectivity index is 1.79. The van der Waals surface area contributed by atoms with Gasteiger partial charge in [0.2, 0.25) is 5.91 Å². The standard InChI is InChI=1S/C25H30N4O3/c1-5-7-22-13-18(3)14-23(8-6-2)29(22)25(31)19-9-11-21(12-10-19)28-16-20(15-26-28)27-24(30)17-32-4/h5-6,9-13,15-16,22-23H,1-2,7-8,14,17H2,3-4H3,(H,27,30)/t22-,23-/m0/s1. The average molecular weight is 435 g/mol. The molecule has 7 heteroatoms. The summed E-state index contributed by atoms with van der Waals surface area (Å²) in [6.07, 6.45) is 11.5. The molecule has 7 nitrogen and oxygen atoms in total. The van der Waals surface area contributed by atoms with Crippen LogP contribution in [0.15, 0.2) is 73.6 Å². The molecule has 0 unspecified atom stereocenters. The van der Waals surface area contributed by atoms with E-state index >= 15 is 0 Å². The number of carbonyl (C=O) groups excluding carboxylic acids is 2. The molecular formula is C25H30N4O3. The van der Waals surface area contributed by atoms with Crippen LogP contribution in [0.25, 0.3) is 5.69 Å². The molecule has 32 heavy (non-hydrogen) atoms. The number of anilines is 1. The van der Waals surface area contributed by atoms with Crippen LogP contribution in [-0.2, 0) is 9.53 Å². The van der Waals surface area contributed by atoms with E-state index in [2.05, 4.69) is 36.6 Å². The van der Waals surface area contributed by atoms with Gasteiger partial charge < -0.3 is 15.0 Å². The molecule has 2 aromatic rings. The van der Waals surface area contributed by atoms with E-state index in [0.29, 0.717) is 17.7 Å². The third-order valence-corrected chi connectivity index (χ3v) is 5.39. The van der Waals surface area contributed by atoms with E-state index in [4.69, 9.17) is 4.74 Å². The number of hydrogen-bond acceptors (Lipinski definition) is 4. The maximum Gasteiger partial charge on any atom is 0.254 e. The molecule has 0 saturated carbocycles. The lowest BCUT2D eigenvalue weighted by Gasteiger charge is -2.40. The Morgan fingerprint density at radius 3 is 2.59 bits per heavy atom. The van der Waals surface area contributed by atoms with Crippen molar-refractivity contribution >= 4 is 17.5 Å². The second-order valence-corrected chi connectivity index (χ2v) is 7.90. The molecule has 1 N–H and O–H groups in total. The van der Waals surface area contributed by atoms with Gasteiger partial charge in [0.05, 0.1) is 29.8 Å². The predicted molar refractivity (Wildman–Crippen MR) is 126 cm³/mol. The summed E-state index contributed by atoms with van der Waals surface area (Å²) in [6, 6.07) is 7.38. The van der Waals surface area contributed by atoms with Gasteiger partial charge >= 0.3 is 0 Å². The van der Waals surface area contributed by atoms with E-state index < -0.39 is 0 Å². The highest BCUT2D eigenvalue weighted by molar-refractivity contribution is 5.95. The van der Waals surface area contributed by atoms with Crippen LogP contribution in [0, 0.1) is 0 Å². The minimum absolute atomic E-state index is 0.00742. The third-order valence-electron chi connectivity index (χ3n) is 5.39. The van der Waals surface area contributed by atoms with Crippen molar-refractivity contribution < 1.29 is 14.3 Å². The highest BCUT2D eigenvalue weighted by Gasteiger charge is 2.32. The van der Waals surface area contributed by atoms with E-state index in [9.17, 15) is 9.59 Å². The van der Waals surface area contributed by atoms with Crippen LogP contribution in [-0.4, -0.2) is 52.3 Å². The molecule has 1 aliphatic heterocycles. The van der Waals surface area contributed by atoms with Gasteiger partial charge in [0.1, 0.15) is 6.61 Å². The number of methoxy groups -OCH3 is 1. The lowest BCUT2D eigenvalue weighted by molar-refractivity contribution is -0.119. The molecular weight excluding hydrogens is 404 g/mol. The molecule has 2 atom stereocenters. The lowest BCUT2D eigenvalue weighted by atomic mass is 9.91. The first-order valence-corrected chi connectivity index (χ1v) is 10.6. The Bertz CT molecular complexity index is 1010. The van der Waals surface area contributed by atoms with Gasteiger partial charge in [-0.15, -0.1) is 13.2 Å². The first kappa shape index (κ1) is 23.2. The topological polar surface area (TPSA) is 76.5 Å². The van der Waals surface area contributed by atoms with Gasteiger partial charge in [-0.1, -0.05) is 23.8 Å². The first-order valence-electron chi connectivity index (χ1n) is 10.6. The van der Waals surface area contributed by atoms with Crippen molar-refractivity contribution in [2.45, 2.75) is 38.3 Å².